The van der Waals surface area contributed by atoms with Gasteiger partial charge in [0.15, 0.2) is 5.65 Å². The molecule has 1 N–H and O–H groups in total. The number of aromatic nitrogens is 6. The van der Waals surface area contributed by atoms with Crippen LogP contribution in [0.2, 0.25) is 0 Å². The molecule has 3 heterocycles. The fourth-order valence-electron chi connectivity index (χ4n) is 1.81. The molecule has 0 spiro atoms. The Morgan fingerprint density at radius 3 is 2.83 bits per heavy atom. The minimum Gasteiger partial charge on any atom is -0.478 e. The van der Waals surface area contributed by atoms with E-state index >= 15 is 0 Å². The van der Waals surface area contributed by atoms with Crippen LogP contribution in [-0.2, 0) is 7.05 Å². The van der Waals surface area contributed by atoms with Crippen LogP contribution in [0.5, 0.6) is 0 Å². The summed E-state index contributed by atoms with van der Waals surface area (Å²) in [5.41, 5.74) is 1.06. The maximum absolute atomic E-state index is 11.2. The molecule has 0 radical (unpaired) electrons. The van der Waals surface area contributed by atoms with Crippen molar-refractivity contribution in [1.29, 1.82) is 0 Å². The summed E-state index contributed by atoms with van der Waals surface area (Å²) >= 11 is 0. The largest absolute Gasteiger partial charge is 0.478 e. The van der Waals surface area contributed by atoms with E-state index in [0.29, 0.717) is 16.7 Å². The predicted molar refractivity (Wildman–Crippen MR) is 60.4 cm³/mol. The number of carboxylic acid groups (broad SMARTS) is 1. The SMILES string of the molecule is Cn1ncc2c(-n3cncn3)c(C(=O)O)cnc21. The number of hydrogen-bond acceptors (Lipinski definition) is 5. The average molecular weight is 244 g/mol. The number of fused-ring (bicyclic) bond motifs is 1. The zero-order valence-electron chi connectivity index (χ0n) is 9.35. The molecule has 18 heavy (non-hydrogen) atoms. The maximum Gasteiger partial charge on any atom is 0.339 e. The molecular formula is C10H8N6O2. The van der Waals surface area contributed by atoms with Crippen LogP contribution in [0.25, 0.3) is 16.7 Å². The van der Waals surface area contributed by atoms with E-state index in [4.69, 9.17) is 0 Å². The second kappa shape index (κ2) is 3.62. The average Bonchev–Trinajstić information content (AvgIpc) is 2.98. The number of nitrogens with zero attached hydrogens (tertiary/aromatic N) is 6. The molecule has 0 unspecified atom stereocenters. The van der Waals surface area contributed by atoms with E-state index in [2.05, 4.69) is 20.2 Å². The van der Waals surface area contributed by atoms with Gasteiger partial charge in [-0.15, -0.1) is 0 Å². The van der Waals surface area contributed by atoms with E-state index < -0.39 is 5.97 Å². The molecule has 3 aromatic heterocycles. The van der Waals surface area contributed by atoms with Crippen molar-refractivity contribution in [3.8, 4) is 5.69 Å². The first-order chi connectivity index (χ1) is 8.68. The van der Waals surface area contributed by atoms with Crippen molar-refractivity contribution in [2.45, 2.75) is 0 Å². The first kappa shape index (κ1) is 10.4. The molecule has 0 bridgehead atoms. The Morgan fingerprint density at radius 2 is 2.17 bits per heavy atom. The summed E-state index contributed by atoms with van der Waals surface area (Å²) in [6.45, 7) is 0. The number of rotatable bonds is 2. The van der Waals surface area contributed by atoms with Gasteiger partial charge in [0.05, 0.1) is 17.3 Å². The van der Waals surface area contributed by atoms with Crippen LogP contribution in [0.3, 0.4) is 0 Å². The third-order valence-electron chi connectivity index (χ3n) is 2.61. The van der Waals surface area contributed by atoms with E-state index in [-0.39, 0.29) is 5.56 Å². The van der Waals surface area contributed by atoms with Crippen molar-refractivity contribution in [3.63, 3.8) is 0 Å². The Bertz CT molecular complexity index is 730. The van der Waals surface area contributed by atoms with Crippen LogP contribution >= 0.6 is 0 Å². The summed E-state index contributed by atoms with van der Waals surface area (Å²) in [6.07, 6.45) is 5.64. The molecule has 0 saturated carbocycles. The maximum atomic E-state index is 11.2. The Balaban J connectivity index is 2.43. The van der Waals surface area contributed by atoms with Crippen molar-refractivity contribution in [1.82, 2.24) is 29.5 Å². The van der Waals surface area contributed by atoms with Gasteiger partial charge in [0.1, 0.15) is 18.2 Å². The normalized spacial score (nSPS) is 10.9. The number of aromatic carboxylic acids is 1. The molecule has 0 fully saturated rings. The fourth-order valence-corrected chi connectivity index (χ4v) is 1.81. The van der Waals surface area contributed by atoms with Gasteiger partial charge in [0.25, 0.3) is 0 Å². The number of pyridine rings is 1. The number of hydrogen-bond donors (Lipinski definition) is 1. The van der Waals surface area contributed by atoms with E-state index in [1.165, 1.54) is 23.5 Å². The Hall–Kier alpha value is -2.77. The summed E-state index contributed by atoms with van der Waals surface area (Å²) < 4.78 is 2.97. The van der Waals surface area contributed by atoms with Gasteiger partial charge in [0.2, 0.25) is 0 Å². The van der Waals surface area contributed by atoms with E-state index in [9.17, 15) is 9.90 Å². The topological polar surface area (TPSA) is 98.7 Å². The second-order valence-electron chi connectivity index (χ2n) is 3.67. The van der Waals surface area contributed by atoms with Crippen molar-refractivity contribution in [2.75, 3.05) is 0 Å². The van der Waals surface area contributed by atoms with Crippen LogP contribution in [0.4, 0.5) is 0 Å². The zero-order chi connectivity index (χ0) is 12.7. The standard InChI is InChI=1S/C10H8N6O2/c1-15-9-6(3-13-15)8(16-5-11-4-14-16)7(2-12-9)10(17)18/h2-5H,1H3,(H,17,18). The number of carbonyl (C=O) groups is 1. The third-order valence-corrected chi connectivity index (χ3v) is 2.61. The van der Waals surface area contributed by atoms with Crippen LogP contribution in [0.1, 0.15) is 10.4 Å². The summed E-state index contributed by atoms with van der Waals surface area (Å²) in [4.78, 5) is 19.2. The number of carboxylic acids is 1. The zero-order valence-corrected chi connectivity index (χ0v) is 9.35. The van der Waals surface area contributed by atoms with Gasteiger partial charge in [0, 0.05) is 13.2 Å². The molecular weight excluding hydrogens is 236 g/mol. The number of aryl methyl sites for hydroxylation is 1. The van der Waals surface area contributed by atoms with Gasteiger partial charge >= 0.3 is 5.97 Å². The van der Waals surface area contributed by atoms with Gasteiger partial charge < -0.3 is 5.11 Å². The molecule has 0 aliphatic rings. The van der Waals surface area contributed by atoms with Gasteiger partial charge in [-0.05, 0) is 0 Å². The summed E-state index contributed by atoms with van der Waals surface area (Å²) in [5, 5.41) is 17.8. The Labute approximate surface area is 101 Å². The molecule has 8 heteroatoms. The third kappa shape index (κ3) is 1.35. The monoisotopic (exact) mass is 244 g/mol. The molecule has 0 aliphatic heterocycles. The molecule has 90 valence electrons. The summed E-state index contributed by atoms with van der Waals surface area (Å²) in [7, 11) is 1.74. The highest BCUT2D eigenvalue weighted by molar-refractivity contribution is 5.99. The lowest BCUT2D eigenvalue weighted by atomic mass is 10.2. The van der Waals surface area contributed by atoms with Crippen LogP contribution in [0.15, 0.2) is 25.0 Å². The Kier molecular flexibility index (Phi) is 2.09. The minimum absolute atomic E-state index is 0.0565. The summed E-state index contributed by atoms with van der Waals surface area (Å²) in [5.74, 6) is -1.07. The molecule has 0 atom stereocenters. The first-order valence-corrected chi connectivity index (χ1v) is 5.07. The fraction of sp³-hybridized carbons (Fsp3) is 0.100. The van der Waals surface area contributed by atoms with Crippen molar-refractivity contribution < 1.29 is 9.90 Å². The van der Waals surface area contributed by atoms with E-state index in [1.807, 2.05) is 0 Å². The molecule has 3 rings (SSSR count). The highest BCUT2D eigenvalue weighted by atomic mass is 16.4. The highest BCUT2D eigenvalue weighted by Gasteiger charge is 2.18. The molecule has 0 saturated heterocycles. The lowest BCUT2D eigenvalue weighted by molar-refractivity contribution is 0.0696. The lowest BCUT2D eigenvalue weighted by Gasteiger charge is -2.06. The van der Waals surface area contributed by atoms with Crippen LogP contribution < -0.4 is 0 Å². The van der Waals surface area contributed by atoms with Crippen LogP contribution in [-0.4, -0.2) is 40.6 Å². The van der Waals surface area contributed by atoms with Crippen molar-refractivity contribution in [2.24, 2.45) is 7.05 Å². The summed E-state index contributed by atoms with van der Waals surface area (Å²) in [6, 6.07) is 0. The second-order valence-corrected chi connectivity index (χ2v) is 3.67. The minimum atomic E-state index is -1.07. The molecule has 0 amide bonds. The molecule has 0 aromatic carbocycles. The Morgan fingerprint density at radius 1 is 1.33 bits per heavy atom. The van der Waals surface area contributed by atoms with Gasteiger partial charge in [-0.2, -0.15) is 10.2 Å². The van der Waals surface area contributed by atoms with Gasteiger partial charge in [-0.3, -0.25) is 4.68 Å². The van der Waals surface area contributed by atoms with Gasteiger partial charge in [-0.25, -0.2) is 19.4 Å². The predicted octanol–water partition coefficient (Wildman–Crippen LogP) is 0.247. The molecule has 3 aromatic rings. The van der Waals surface area contributed by atoms with Gasteiger partial charge in [-0.1, -0.05) is 0 Å². The van der Waals surface area contributed by atoms with Crippen LogP contribution in [0, 0.1) is 0 Å². The molecule has 0 aliphatic carbocycles. The van der Waals surface area contributed by atoms with Crippen molar-refractivity contribution >= 4 is 17.0 Å². The highest BCUT2D eigenvalue weighted by Crippen LogP contribution is 2.23. The van der Waals surface area contributed by atoms with E-state index in [1.54, 1.807) is 17.9 Å². The van der Waals surface area contributed by atoms with E-state index in [0.717, 1.165) is 0 Å². The van der Waals surface area contributed by atoms with Crippen molar-refractivity contribution in [3.05, 3.63) is 30.6 Å². The lowest BCUT2D eigenvalue weighted by Crippen LogP contribution is -2.08. The quantitative estimate of drug-likeness (QED) is 0.693. The smallest absolute Gasteiger partial charge is 0.339 e. The first-order valence-electron chi connectivity index (χ1n) is 5.07. The molecule has 8 nitrogen and oxygen atoms in total.